The number of methoxy groups -OCH3 is 1. The summed E-state index contributed by atoms with van der Waals surface area (Å²) in [7, 11) is -2.38. The third kappa shape index (κ3) is 4.61. The molecule has 8 nitrogen and oxygen atoms in total. The van der Waals surface area contributed by atoms with E-state index in [1.807, 2.05) is 0 Å². The molecule has 3 rings (SSSR count). The van der Waals surface area contributed by atoms with Crippen LogP contribution in [0, 0.1) is 0 Å². The average Bonchev–Trinajstić information content (AvgIpc) is 2.72. The maximum atomic E-state index is 12.5. The van der Waals surface area contributed by atoms with E-state index in [-0.39, 0.29) is 17.1 Å². The van der Waals surface area contributed by atoms with E-state index in [1.54, 1.807) is 18.2 Å². The van der Waals surface area contributed by atoms with Crippen molar-refractivity contribution in [3.05, 3.63) is 48.0 Å². The van der Waals surface area contributed by atoms with Gasteiger partial charge < -0.3 is 19.5 Å². The molecule has 0 bridgehead atoms. The zero-order valence-electron chi connectivity index (χ0n) is 15.1. The van der Waals surface area contributed by atoms with Crippen molar-refractivity contribution >= 4 is 27.4 Å². The summed E-state index contributed by atoms with van der Waals surface area (Å²) in [5.74, 6) is -0.408. The zero-order valence-corrected chi connectivity index (χ0v) is 16.0. The molecule has 28 heavy (non-hydrogen) atoms. The largest absolute Gasteiger partial charge is 0.486 e. The second kappa shape index (κ2) is 8.30. The SMILES string of the molecule is COC(=O)c1ccc(NC(=O)CCS(=O)(=O)c2ccc3c(c2)OCCO3)cc1. The molecule has 2 aromatic carbocycles. The minimum Gasteiger partial charge on any atom is -0.486 e. The highest BCUT2D eigenvalue weighted by molar-refractivity contribution is 7.91. The Kier molecular flexibility index (Phi) is 5.84. The molecule has 0 saturated heterocycles. The van der Waals surface area contributed by atoms with Crippen LogP contribution in [0.5, 0.6) is 11.5 Å². The van der Waals surface area contributed by atoms with Crippen molar-refractivity contribution < 1.29 is 32.2 Å². The fourth-order valence-electron chi connectivity index (χ4n) is 2.59. The topological polar surface area (TPSA) is 108 Å². The van der Waals surface area contributed by atoms with Gasteiger partial charge in [-0.3, -0.25) is 4.79 Å². The minimum atomic E-state index is -3.66. The summed E-state index contributed by atoms with van der Waals surface area (Å²) < 4.78 is 40.4. The number of carbonyl (C=O) groups excluding carboxylic acids is 2. The Morgan fingerprint density at radius 1 is 1.04 bits per heavy atom. The molecule has 0 fully saturated rings. The predicted octanol–water partition coefficient (Wildman–Crippen LogP) is 2.05. The highest BCUT2D eigenvalue weighted by Gasteiger charge is 2.20. The van der Waals surface area contributed by atoms with Gasteiger partial charge in [-0.1, -0.05) is 0 Å². The maximum Gasteiger partial charge on any atom is 0.337 e. The number of sulfone groups is 1. The lowest BCUT2D eigenvalue weighted by Gasteiger charge is -2.18. The van der Waals surface area contributed by atoms with E-state index in [4.69, 9.17) is 9.47 Å². The van der Waals surface area contributed by atoms with Crippen molar-refractivity contribution in [1.29, 1.82) is 0 Å². The molecule has 9 heteroatoms. The lowest BCUT2D eigenvalue weighted by atomic mass is 10.2. The first-order valence-corrected chi connectivity index (χ1v) is 10.1. The van der Waals surface area contributed by atoms with Gasteiger partial charge in [-0.2, -0.15) is 0 Å². The zero-order chi connectivity index (χ0) is 20.1. The number of rotatable bonds is 6. The molecule has 0 saturated carbocycles. The molecule has 1 amide bonds. The molecule has 1 aliphatic heterocycles. The number of fused-ring (bicyclic) bond motifs is 1. The van der Waals surface area contributed by atoms with Gasteiger partial charge in [0.15, 0.2) is 21.3 Å². The van der Waals surface area contributed by atoms with Crippen LogP contribution in [0.3, 0.4) is 0 Å². The molecule has 1 N–H and O–H groups in total. The first-order valence-electron chi connectivity index (χ1n) is 8.50. The Balaban J connectivity index is 1.59. The smallest absolute Gasteiger partial charge is 0.337 e. The Labute approximate surface area is 162 Å². The van der Waals surface area contributed by atoms with Crippen LogP contribution in [-0.2, 0) is 19.4 Å². The molecule has 1 heterocycles. The van der Waals surface area contributed by atoms with Crippen LogP contribution in [0.1, 0.15) is 16.8 Å². The van der Waals surface area contributed by atoms with Crippen LogP contribution in [0.4, 0.5) is 5.69 Å². The average molecular weight is 405 g/mol. The summed E-state index contributed by atoms with van der Waals surface area (Å²) in [6.07, 6.45) is -0.213. The van der Waals surface area contributed by atoms with Gasteiger partial charge in [0.25, 0.3) is 0 Å². The van der Waals surface area contributed by atoms with Gasteiger partial charge in [0.2, 0.25) is 5.91 Å². The summed E-state index contributed by atoms with van der Waals surface area (Å²) in [6.45, 7) is 0.771. The van der Waals surface area contributed by atoms with E-state index in [2.05, 4.69) is 10.1 Å². The Morgan fingerprint density at radius 2 is 1.71 bits per heavy atom. The van der Waals surface area contributed by atoms with E-state index in [0.717, 1.165) is 0 Å². The summed E-state index contributed by atoms with van der Waals surface area (Å²) >= 11 is 0. The molecule has 0 atom stereocenters. The quantitative estimate of drug-likeness (QED) is 0.733. The van der Waals surface area contributed by atoms with E-state index < -0.39 is 21.7 Å². The van der Waals surface area contributed by atoms with Gasteiger partial charge in [-0.25, -0.2) is 13.2 Å². The second-order valence-corrected chi connectivity index (χ2v) is 8.10. The van der Waals surface area contributed by atoms with Crippen LogP contribution in [0.25, 0.3) is 0 Å². The monoisotopic (exact) mass is 405 g/mol. The molecule has 0 spiro atoms. The number of amides is 1. The highest BCUT2D eigenvalue weighted by atomic mass is 32.2. The van der Waals surface area contributed by atoms with Crippen molar-refractivity contribution in [2.45, 2.75) is 11.3 Å². The summed E-state index contributed by atoms with van der Waals surface area (Å²) in [6, 6.07) is 10.5. The van der Waals surface area contributed by atoms with Crippen molar-refractivity contribution in [3.63, 3.8) is 0 Å². The molecule has 1 aliphatic rings. The Hall–Kier alpha value is -3.07. The van der Waals surface area contributed by atoms with Crippen LogP contribution in [0.2, 0.25) is 0 Å². The summed E-state index contributed by atoms with van der Waals surface area (Å²) in [4.78, 5) is 23.6. The Bertz CT molecular complexity index is 984. The fourth-order valence-corrected chi connectivity index (χ4v) is 3.84. The number of ether oxygens (including phenoxy) is 3. The number of hydrogen-bond donors (Lipinski definition) is 1. The standard InChI is InChI=1S/C19H19NO7S/c1-25-19(22)13-2-4-14(5-3-13)20-18(21)8-11-28(23,24)15-6-7-16-17(12-15)27-10-9-26-16/h2-7,12H,8-11H2,1H3,(H,20,21). The van der Waals surface area contributed by atoms with Crippen molar-refractivity contribution in [2.24, 2.45) is 0 Å². The first kappa shape index (κ1) is 19.7. The maximum absolute atomic E-state index is 12.5. The normalized spacial score (nSPS) is 12.9. The minimum absolute atomic E-state index is 0.0759. The molecule has 2 aromatic rings. The van der Waals surface area contributed by atoms with Crippen LogP contribution < -0.4 is 14.8 Å². The van der Waals surface area contributed by atoms with Gasteiger partial charge in [0.1, 0.15) is 13.2 Å². The summed E-state index contributed by atoms with van der Waals surface area (Å²) in [5, 5.41) is 2.60. The molecule has 0 aromatic heterocycles. The number of benzene rings is 2. The van der Waals surface area contributed by atoms with Crippen molar-refractivity contribution in [3.8, 4) is 11.5 Å². The van der Waals surface area contributed by atoms with Crippen molar-refractivity contribution in [1.82, 2.24) is 0 Å². The number of hydrogen-bond acceptors (Lipinski definition) is 7. The third-order valence-electron chi connectivity index (χ3n) is 4.06. The highest BCUT2D eigenvalue weighted by Crippen LogP contribution is 2.32. The summed E-state index contributed by atoms with van der Waals surface area (Å²) in [5.41, 5.74) is 0.802. The molecular weight excluding hydrogens is 386 g/mol. The number of carbonyl (C=O) groups is 2. The lowest BCUT2D eigenvalue weighted by molar-refractivity contribution is -0.115. The number of nitrogens with one attached hydrogen (secondary N) is 1. The number of esters is 1. The van der Waals surface area contributed by atoms with E-state index >= 15 is 0 Å². The van der Waals surface area contributed by atoms with E-state index in [1.165, 1.54) is 31.4 Å². The van der Waals surface area contributed by atoms with Gasteiger partial charge in [0, 0.05) is 18.2 Å². The van der Waals surface area contributed by atoms with Crippen LogP contribution in [-0.4, -0.2) is 46.4 Å². The lowest BCUT2D eigenvalue weighted by Crippen LogP contribution is -2.18. The number of anilines is 1. The van der Waals surface area contributed by atoms with Gasteiger partial charge in [-0.05, 0) is 36.4 Å². The molecule has 0 aliphatic carbocycles. The van der Waals surface area contributed by atoms with Gasteiger partial charge in [-0.15, -0.1) is 0 Å². The molecule has 0 radical (unpaired) electrons. The van der Waals surface area contributed by atoms with Gasteiger partial charge >= 0.3 is 5.97 Å². The van der Waals surface area contributed by atoms with E-state index in [0.29, 0.717) is 36.0 Å². The molecule has 0 unspecified atom stereocenters. The first-order chi connectivity index (χ1) is 13.4. The molecular formula is C19H19NO7S. The fraction of sp³-hybridized carbons (Fsp3) is 0.263. The third-order valence-corrected chi connectivity index (χ3v) is 5.77. The van der Waals surface area contributed by atoms with Crippen LogP contribution >= 0.6 is 0 Å². The Morgan fingerprint density at radius 3 is 2.39 bits per heavy atom. The molecule has 148 valence electrons. The van der Waals surface area contributed by atoms with Gasteiger partial charge in [0.05, 0.1) is 23.3 Å². The van der Waals surface area contributed by atoms with E-state index in [9.17, 15) is 18.0 Å². The van der Waals surface area contributed by atoms with Crippen molar-refractivity contribution in [2.75, 3.05) is 31.4 Å². The second-order valence-electron chi connectivity index (χ2n) is 5.99. The van der Waals surface area contributed by atoms with Crippen LogP contribution in [0.15, 0.2) is 47.4 Å². The predicted molar refractivity (Wildman–Crippen MR) is 101 cm³/mol.